The quantitative estimate of drug-likeness (QED) is 0.618. The summed E-state index contributed by atoms with van der Waals surface area (Å²) >= 11 is 5.93. The normalized spacial score (nSPS) is 14.6. The molecule has 148 valence electrons. The van der Waals surface area contributed by atoms with Gasteiger partial charge in [-0.05, 0) is 52.3 Å². The van der Waals surface area contributed by atoms with E-state index in [1.165, 1.54) is 0 Å². The summed E-state index contributed by atoms with van der Waals surface area (Å²) in [5, 5.41) is 3.19. The van der Waals surface area contributed by atoms with Crippen LogP contribution in [0.3, 0.4) is 0 Å². The molecule has 7 nitrogen and oxygen atoms in total. The molecule has 0 saturated carbocycles. The van der Waals surface area contributed by atoms with Gasteiger partial charge in [0.1, 0.15) is 11.4 Å². The van der Waals surface area contributed by atoms with Crippen molar-refractivity contribution in [2.45, 2.75) is 52.0 Å². The van der Waals surface area contributed by atoms with Crippen molar-refractivity contribution in [2.75, 3.05) is 13.2 Å². The van der Waals surface area contributed by atoms with E-state index in [2.05, 4.69) is 5.32 Å². The van der Waals surface area contributed by atoms with Gasteiger partial charge in [-0.3, -0.25) is 4.57 Å². The highest BCUT2D eigenvalue weighted by molar-refractivity contribution is 7.54. The Kier molecular flexibility index (Phi) is 8.57. The van der Waals surface area contributed by atoms with Gasteiger partial charge in [0.2, 0.25) is 0 Å². The first-order valence-corrected chi connectivity index (χ1v) is 10.4. The van der Waals surface area contributed by atoms with Crippen LogP contribution in [0.2, 0.25) is 5.02 Å². The molecule has 2 atom stereocenters. The van der Waals surface area contributed by atoms with E-state index >= 15 is 0 Å². The monoisotopic (exact) mass is 406 g/mol. The Labute approximate surface area is 160 Å². The summed E-state index contributed by atoms with van der Waals surface area (Å²) in [5.74, 6) is -1.13. The number of hydrogen-bond acceptors (Lipinski definition) is 6. The van der Waals surface area contributed by atoms with Crippen LogP contribution in [0.4, 0.5) is 4.79 Å². The average Bonchev–Trinajstić information content (AvgIpc) is 2.52. The van der Waals surface area contributed by atoms with Crippen molar-refractivity contribution in [3.8, 4) is 0 Å². The zero-order valence-electron chi connectivity index (χ0n) is 15.8. The Balaban J connectivity index is 3.19. The number of nitrogens with two attached hydrogens (primary N) is 1. The van der Waals surface area contributed by atoms with Crippen molar-refractivity contribution in [2.24, 2.45) is 5.73 Å². The zero-order valence-corrected chi connectivity index (χ0v) is 17.5. The molecule has 1 rings (SSSR count). The number of carbonyl (C=O) groups is 1. The van der Waals surface area contributed by atoms with Crippen molar-refractivity contribution in [1.82, 2.24) is 5.32 Å². The van der Waals surface area contributed by atoms with Crippen LogP contribution in [0, 0.1) is 0 Å². The van der Waals surface area contributed by atoms with E-state index < -0.39 is 31.1 Å². The first kappa shape index (κ1) is 22.9. The van der Waals surface area contributed by atoms with E-state index in [1.807, 2.05) is 0 Å². The van der Waals surface area contributed by atoms with Gasteiger partial charge < -0.3 is 24.8 Å². The number of carbonyl (C=O) groups excluding carboxylic acids is 1. The maximum Gasteiger partial charge on any atom is 0.408 e. The lowest BCUT2D eigenvalue weighted by Gasteiger charge is -2.31. The van der Waals surface area contributed by atoms with Crippen molar-refractivity contribution in [3.63, 3.8) is 0 Å². The van der Waals surface area contributed by atoms with Gasteiger partial charge in [0.25, 0.3) is 0 Å². The highest BCUT2D eigenvalue weighted by Crippen LogP contribution is 2.54. The van der Waals surface area contributed by atoms with Crippen LogP contribution in [-0.4, -0.2) is 30.7 Å². The van der Waals surface area contributed by atoms with Crippen LogP contribution in [-0.2, 0) is 18.3 Å². The predicted molar refractivity (Wildman–Crippen MR) is 102 cm³/mol. The smallest absolute Gasteiger partial charge is 0.408 e. The molecule has 0 fully saturated rings. The van der Waals surface area contributed by atoms with E-state index in [1.54, 1.807) is 58.9 Å². The Hall–Kier alpha value is -1.11. The third-order valence-electron chi connectivity index (χ3n) is 3.23. The molecule has 0 aliphatic heterocycles. The first-order valence-electron chi connectivity index (χ1n) is 8.41. The molecule has 0 spiro atoms. The second kappa shape index (κ2) is 9.72. The molecular weight excluding hydrogens is 379 g/mol. The molecule has 0 bridgehead atoms. The molecule has 0 saturated heterocycles. The molecule has 1 aromatic carbocycles. The van der Waals surface area contributed by atoms with Gasteiger partial charge in [0, 0.05) is 5.02 Å². The number of alkyl carbamates (subject to hydrolysis) is 1. The maximum absolute atomic E-state index is 13.1. The molecule has 26 heavy (non-hydrogen) atoms. The van der Waals surface area contributed by atoms with Crippen molar-refractivity contribution in [3.05, 3.63) is 34.9 Å². The van der Waals surface area contributed by atoms with Gasteiger partial charge in [-0.2, -0.15) is 0 Å². The lowest BCUT2D eigenvalue weighted by Crippen LogP contribution is -2.43. The van der Waals surface area contributed by atoms with Gasteiger partial charge in [-0.1, -0.05) is 23.7 Å². The average molecular weight is 407 g/mol. The summed E-state index contributed by atoms with van der Waals surface area (Å²) in [6.07, 6.45) is -0.688. The van der Waals surface area contributed by atoms with Crippen LogP contribution in [0.25, 0.3) is 0 Å². The number of halogens is 1. The van der Waals surface area contributed by atoms with Gasteiger partial charge in [0.15, 0.2) is 0 Å². The largest absolute Gasteiger partial charge is 0.444 e. The van der Waals surface area contributed by atoms with Crippen molar-refractivity contribution < 1.29 is 23.1 Å². The fourth-order valence-electron chi connectivity index (χ4n) is 2.22. The number of hydrogen-bond donors (Lipinski definition) is 2. The lowest BCUT2D eigenvalue weighted by atomic mass is 10.1. The summed E-state index contributed by atoms with van der Waals surface area (Å²) in [7, 11) is -3.68. The highest BCUT2D eigenvalue weighted by atomic mass is 35.5. The van der Waals surface area contributed by atoms with Gasteiger partial charge >= 0.3 is 13.7 Å². The number of amides is 1. The van der Waals surface area contributed by atoms with Gasteiger partial charge in [-0.25, -0.2) is 4.79 Å². The standard InChI is InChI=1S/C17H28ClN2O5P/c1-6-23-26(22,24-7-2)15(19)14(12-8-10-13(18)11-9-12)20-16(21)25-17(3,4)5/h8-11,14-15H,6-7,19H2,1-5H3,(H,20,21)/t14-,15-/m0/s1. The third kappa shape index (κ3) is 6.89. The number of nitrogens with one attached hydrogen (secondary N) is 1. The lowest BCUT2D eigenvalue weighted by molar-refractivity contribution is 0.0499. The molecule has 0 aliphatic carbocycles. The molecule has 0 aromatic heterocycles. The second-order valence-electron chi connectivity index (χ2n) is 6.54. The minimum Gasteiger partial charge on any atom is -0.444 e. The Morgan fingerprint density at radius 3 is 2.12 bits per heavy atom. The Morgan fingerprint density at radius 2 is 1.69 bits per heavy atom. The summed E-state index contributed by atoms with van der Waals surface area (Å²) in [6, 6.07) is 5.82. The van der Waals surface area contributed by atoms with Crippen LogP contribution in [0.5, 0.6) is 0 Å². The third-order valence-corrected chi connectivity index (χ3v) is 5.74. The predicted octanol–water partition coefficient (Wildman–Crippen LogP) is 4.46. The minimum atomic E-state index is -3.68. The van der Waals surface area contributed by atoms with E-state index in [-0.39, 0.29) is 13.2 Å². The maximum atomic E-state index is 13.1. The number of benzene rings is 1. The van der Waals surface area contributed by atoms with E-state index in [9.17, 15) is 9.36 Å². The first-order chi connectivity index (χ1) is 12.0. The van der Waals surface area contributed by atoms with Crippen LogP contribution in [0.1, 0.15) is 46.2 Å². The fraction of sp³-hybridized carbons (Fsp3) is 0.588. The molecule has 0 aliphatic rings. The van der Waals surface area contributed by atoms with Gasteiger partial charge in [0.05, 0.1) is 19.3 Å². The summed E-state index contributed by atoms with van der Waals surface area (Å²) in [4.78, 5) is 12.3. The molecular formula is C17H28ClN2O5P. The van der Waals surface area contributed by atoms with Crippen LogP contribution < -0.4 is 11.1 Å². The molecule has 0 heterocycles. The Morgan fingerprint density at radius 1 is 1.19 bits per heavy atom. The summed E-state index contributed by atoms with van der Waals surface area (Å²) < 4.78 is 29.0. The minimum absolute atomic E-state index is 0.157. The van der Waals surface area contributed by atoms with E-state index in [0.29, 0.717) is 10.6 Å². The fourth-order valence-corrected chi connectivity index (χ4v) is 4.10. The van der Waals surface area contributed by atoms with Crippen molar-refractivity contribution in [1.29, 1.82) is 0 Å². The summed E-state index contributed by atoms with van der Waals surface area (Å²) in [5.41, 5.74) is 6.15. The molecule has 1 aromatic rings. The number of rotatable bonds is 8. The molecule has 0 unspecified atom stereocenters. The SMILES string of the molecule is CCOP(=O)(OCC)[C@H](N)[C@@H](NC(=O)OC(C)(C)C)c1ccc(Cl)cc1. The second-order valence-corrected chi connectivity index (χ2v) is 9.17. The van der Waals surface area contributed by atoms with Crippen LogP contribution >= 0.6 is 19.2 Å². The number of ether oxygens (including phenoxy) is 1. The molecule has 0 radical (unpaired) electrons. The highest BCUT2D eigenvalue weighted by Gasteiger charge is 2.40. The van der Waals surface area contributed by atoms with Gasteiger partial charge in [-0.15, -0.1) is 0 Å². The zero-order chi connectivity index (χ0) is 20.0. The molecule has 1 amide bonds. The molecule has 9 heteroatoms. The van der Waals surface area contributed by atoms with E-state index in [4.69, 9.17) is 31.1 Å². The molecule has 3 N–H and O–H groups in total. The topological polar surface area (TPSA) is 99.9 Å². The van der Waals surface area contributed by atoms with Crippen molar-refractivity contribution >= 4 is 25.3 Å². The Bertz CT molecular complexity index is 623. The van der Waals surface area contributed by atoms with Crippen LogP contribution in [0.15, 0.2) is 24.3 Å². The summed E-state index contributed by atoms with van der Waals surface area (Å²) in [6.45, 7) is 8.93. The van der Waals surface area contributed by atoms with E-state index in [0.717, 1.165) is 0 Å².